The number of nitrogens with one attached hydrogen (secondary N) is 1. The van der Waals surface area contributed by atoms with Crippen LogP contribution < -0.4 is 0 Å². The Morgan fingerprint density at radius 1 is 1.50 bits per heavy atom. The first kappa shape index (κ1) is 5.42. The van der Waals surface area contributed by atoms with E-state index in [1.807, 2.05) is 0 Å². The van der Waals surface area contributed by atoms with Crippen LogP contribution in [0.5, 0.6) is 0 Å². The van der Waals surface area contributed by atoms with Crippen molar-refractivity contribution < 1.29 is 0 Å². The number of rotatable bonds is 1. The number of H-pyrrole nitrogens is 1. The molecule has 0 bridgehead atoms. The van der Waals surface area contributed by atoms with Crippen LogP contribution in [-0.2, 0) is 0 Å². The van der Waals surface area contributed by atoms with Gasteiger partial charge in [-0.25, -0.2) is 0 Å². The molecule has 2 heterocycles. The molecule has 0 aliphatic rings. The third kappa shape index (κ3) is 0.760. The average Bonchev–Trinajstić information content (AvgIpc) is 2.59. The SMILES string of the molecule is c1nnsc1-c1nn[nH]n1. The summed E-state index contributed by atoms with van der Waals surface area (Å²) >= 11 is 1.23. The van der Waals surface area contributed by atoms with E-state index in [0.29, 0.717) is 5.82 Å². The van der Waals surface area contributed by atoms with Gasteiger partial charge in [0.05, 0.1) is 6.20 Å². The first-order valence-corrected chi connectivity index (χ1v) is 3.25. The van der Waals surface area contributed by atoms with Crippen LogP contribution in [0.1, 0.15) is 0 Å². The van der Waals surface area contributed by atoms with Crippen LogP contribution in [0.3, 0.4) is 0 Å². The van der Waals surface area contributed by atoms with Gasteiger partial charge in [0.1, 0.15) is 4.88 Å². The Kier molecular flexibility index (Phi) is 1.14. The maximum absolute atomic E-state index is 3.74. The van der Waals surface area contributed by atoms with E-state index in [2.05, 4.69) is 30.2 Å². The van der Waals surface area contributed by atoms with Crippen LogP contribution in [0.2, 0.25) is 0 Å². The van der Waals surface area contributed by atoms with E-state index in [-0.39, 0.29) is 0 Å². The van der Waals surface area contributed by atoms with Crippen LogP contribution in [0.4, 0.5) is 0 Å². The summed E-state index contributed by atoms with van der Waals surface area (Å²) in [6.07, 6.45) is 1.59. The fraction of sp³-hybridized carbons (Fsp3) is 0. The number of hydrogen-bond acceptors (Lipinski definition) is 6. The molecular weight excluding hydrogens is 152 g/mol. The minimum Gasteiger partial charge on any atom is -0.177 e. The Morgan fingerprint density at radius 3 is 3.10 bits per heavy atom. The van der Waals surface area contributed by atoms with Crippen LogP contribution in [0, 0.1) is 0 Å². The molecule has 0 aromatic carbocycles. The summed E-state index contributed by atoms with van der Waals surface area (Å²) in [7, 11) is 0. The zero-order valence-corrected chi connectivity index (χ0v) is 5.54. The highest BCUT2D eigenvalue weighted by Crippen LogP contribution is 2.13. The summed E-state index contributed by atoms with van der Waals surface area (Å²) in [6.45, 7) is 0. The van der Waals surface area contributed by atoms with Crippen molar-refractivity contribution in [3.05, 3.63) is 6.20 Å². The van der Waals surface area contributed by atoms with Gasteiger partial charge in [0, 0.05) is 0 Å². The molecule has 0 aliphatic carbocycles. The molecule has 0 saturated heterocycles. The molecule has 2 rings (SSSR count). The topological polar surface area (TPSA) is 80.2 Å². The fourth-order valence-electron chi connectivity index (χ4n) is 0.532. The number of aromatic amines is 1. The molecular formula is C3H2N6S. The van der Waals surface area contributed by atoms with Gasteiger partial charge >= 0.3 is 0 Å². The van der Waals surface area contributed by atoms with Crippen LogP contribution >= 0.6 is 11.5 Å². The lowest BCUT2D eigenvalue weighted by Crippen LogP contribution is -1.73. The van der Waals surface area contributed by atoms with E-state index in [4.69, 9.17) is 0 Å². The first-order chi connectivity index (χ1) is 4.97. The molecule has 0 fully saturated rings. The molecule has 2 aromatic rings. The number of tetrazole rings is 1. The van der Waals surface area contributed by atoms with Gasteiger partial charge in [0.15, 0.2) is 0 Å². The Bertz CT molecular complexity index is 252. The summed E-state index contributed by atoms with van der Waals surface area (Å²) in [5.41, 5.74) is 0. The Hall–Kier alpha value is -1.37. The predicted octanol–water partition coefficient (Wildman–Crippen LogP) is -0.282. The van der Waals surface area contributed by atoms with E-state index in [1.54, 1.807) is 6.20 Å². The molecule has 6 nitrogen and oxygen atoms in total. The quantitative estimate of drug-likeness (QED) is 0.610. The van der Waals surface area contributed by atoms with Crippen molar-refractivity contribution in [1.82, 2.24) is 30.2 Å². The van der Waals surface area contributed by atoms with Crippen molar-refractivity contribution >= 4 is 11.5 Å². The van der Waals surface area contributed by atoms with Gasteiger partial charge in [-0.05, 0) is 16.7 Å². The van der Waals surface area contributed by atoms with E-state index < -0.39 is 0 Å². The second kappa shape index (κ2) is 2.10. The molecule has 0 aliphatic heterocycles. The summed E-state index contributed by atoms with van der Waals surface area (Å²) < 4.78 is 3.65. The molecule has 50 valence electrons. The lowest BCUT2D eigenvalue weighted by Gasteiger charge is -1.76. The fourth-order valence-corrected chi connectivity index (χ4v) is 0.977. The minimum atomic E-state index is 0.537. The third-order valence-electron chi connectivity index (χ3n) is 0.927. The monoisotopic (exact) mass is 154 g/mol. The van der Waals surface area contributed by atoms with Gasteiger partial charge in [0.2, 0.25) is 5.82 Å². The molecule has 1 N–H and O–H groups in total. The van der Waals surface area contributed by atoms with E-state index in [0.717, 1.165) is 4.88 Å². The predicted molar refractivity (Wildman–Crippen MR) is 33.1 cm³/mol. The third-order valence-corrected chi connectivity index (χ3v) is 1.59. The van der Waals surface area contributed by atoms with Crippen molar-refractivity contribution in [1.29, 1.82) is 0 Å². The van der Waals surface area contributed by atoms with Crippen molar-refractivity contribution in [3.63, 3.8) is 0 Å². The number of hydrogen-bond donors (Lipinski definition) is 1. The highest BCUT2D eigenvalue weighted by molar-refractivity contribution is 7.09. The second-order valence-corrected chi connectivity index (χ2v) is 2.30. The summed E-state index contributed by atoms with van der Waals surface area (Å²) in [5.74, 6) is 0.537. The minimum absolute atomic E-state index is 0.537. The Morgan fingerprint density at radius 2 is 2.50 bits per heavy atom. The lowest BCUT2D eigenvalue weighted by molar-refractivity contribution is 0.881. The molecule has 0 spiro atoms. The number of nitrogens with zero attached hydrogens (tertiary/aromatic N) is 5. The van der Waals surface area contributed by atoms with Gasteiger partial charge in [-0.15, -0.1) is 15.3 Å². The molecule has 0 atom stereocenters. The molecule has 7 heteroatoms. The molecule has 10 heavy (non-hydrogen) atoms. The van der Waals surface area contributed by atoms with Gasteiger partial charge < -0.3 is 0 Å². The van der Waals surface area contributed by atoms with Crippen molar-refractivity contribution in [2.24, 2.45) is 0 Å². The first-order valence-electron chi connectivity index (χ1n) is 2.48. The zero-order chi connectivity index (χ0) is 6.81. The van der Waals surface area contributed by atoms with Gasteiger partial charge in [-0.1, -0.05) is 4.49 Å². The van der Waals surface area contributed by atoms with Crippen molar-refractivity contribution in [3.8, 4) is 10.7 Å². The Balaban J connectivity index is 2.48. The highest BCUT2D eigenvalue weighted by Gasteiger charge is 2.03. The summed E-state index contributed by atoms with van der Waals surface area (Å²) in [5, 5.41) is 16.8. The van der Waals surface area contributed by atoms with Crippen molar-refractivity contribution in [2.45, 2.75) is 0 Å². The van der Waals surface area contributed by atoms with Crippen LogP contribution in [-0.4, -0.2) is 30.2 Å². The zero-order valence-electron chi connectivity index (χ0n) is 4.72. The molecule has 0 radical (unpaired) electrons. The normalized spacial score (nSPS) is 10.0. The van der Waals surface area contributed by atoms with Crippen molar-refractivity contribution in [2.75, 3.05) is 0 Å². The maximum atomic E-state index is 3.74. The highest BCUT2D eigenvalue weighted by atomic mass is 32.1. The van der Waals surface area contributed by atoms with Crippen LogP contribution in [0.15, 0.2) is 6.20 Å². The second-order valence-electron chi connectivity index (χ2n) is 1.52. The van der Waals surface area contributed by atoms with E-state index >= 15 is 0 Å². The average molecular weight is 154 g/mol. The van der Waals surface area contributed by atoms with E-state index in [1.165, 1.54) is 11.5 Å². The smallest absolute Gasteiger partial charge is 0.177 e. The molecule has 0 unspecified atom stereocenters. The number of aromatic nitrogens is 6. The van der Waals surface area contributed by atoms with Gasteiger partial charge in [0.25, 0.3) is 0 Å². The van der Waals surface area contributed by atoms with Crippen LogP contribution in [0.25, 0.3) is 10.7 Å². The molecule has 0 saturated carbocycles. The maximum Gasteiger partial charge on any atom is 0.217 e. The standard InChI is InChI=1S/C3H2N6S/c1-2(10-9-4-1)3-5-7-8-6-3/h1H,(H,5,6,7,8). The summed E-state index contributed by atoms with van der Waals surface area (Å²) in [6, 6.07) is 0. The van der Waals surface area contributed by atoms with E-state index in [9.17, 15) is 0 Å². The molecule has 2 aromatic heterocycles. The largest absolute Gasteiger partial charge is 0.217 e. The van der Waals surface area contributed by atoms with Gasteiger partial charge in [-0.2, -0.15) is 5.21 Å². The lowest BCUT2D eigenvalue weighted by atomic mass is 10.5. The molecule has 0 amide bonds. The summed E-state index contributed by atoms with van der Waals surface area (Å²) in [4.78, 5) is 0.814. The Labute approximate surface area is 59.5 Å². The van der Waals surface area contributed by atoms with Gasteiger partial charge in [-0.3, -0.25) is 0 Å².